The lowest BCUT2D eigenvalue weighted by Gasteiger charge is -2.23. The monoisotopic (exact) mass is 404 g/mol. The zero-order chi connectivity index (χ0) is 17.2. The zero-order valence-corrected chi connectivity index (χ0v) is 16.2. The van der Waals surface area contributed by atoms with Crippen molar-refractivity contribution in [2.45, 2.75) is 12.5 Å². The van der Waals surface area contributed by atoms with Crippen LogP contribution in [0, 0.1) is 0 Å². The molecular formula is C19H14Cl2N2S2. The summed E-state index contributed by atoms with van der Waals surface area (Å²) in [6, 6.07) is 14.1. The average molecular weight is 405 g/mol. The van der Waals surface area contributed by atoms with Gasteiger partial charge < -0.3 is 0 Å². The van der Waals surface area contributed by atoms with Crippen LogP contribution in [-0.2, 0) is 0 Å². The Morgan fingerprint density at radius 1 is 1.04 bits per heavy atom. The van der Waals surface area contributed by atoms with Gasteiger partial charge in [0.05, 0.1) is 22.5 Å². The lowest BCUT2D eigenvalue weighted by Crippen LogP contribution is -2.17. The maximum absolute atomic E-state index is 6.43. The van der Waals surface area contributed by atoms with Crippen LogP contribution in [0.1, 0.15) is 22.2 Å². The summed E-state index contributed by atoms with van der Waals surface area (Å²) in [6.07, 6.45) is 5.06. The first-order valence-corrected chi connectivity index (χ1v) is 10.3. The van der Waals surface area contributed by atoms with Crippen LogP contribution in [-0.4, -0.2) is 5.71 Å². The Hall–Kier alpha value is -1.59. The molecule has 0 saturated heterocycles. The Morgan fingerprint density at radius 3 is 2.60 bits per heavy atom. The third kappa shape index (κ3) is 3.67. The second-order valence-electron chi connectivity index (χ2n) is 5.62. The summed E-state index contributed by atoms with van der Waals surface area (Å²) in [4.78, 5) is 2.49. The number of anilines is 1. The SMILES string of the molecule is Clc1ccc(N2N=C(/C=C/c3cccs3)C[C@@H]2c2cccs2)c(Cl)c1. The summed E-state index contributed by atoms with van der Waals surface area (Å²) in [5.41, 5.74) is 1.92. The molecule has 0 unspecified atom stereocenters. The molecule has 1 atom stereocenters. The topological polar surface area (TPSA) is 15.6 Å². The molecule has 0 N–H and O–H groups in total. The number of hydrogen-bond donors (Lipinski definition) is 0. The minimum atomic E-state index is 0.154. The molecule has 1 aliphatic heterocycles. The first-order valence-electron chi connectivity index (χ1n) is 7.77. The summed E-state index contributed by atoms with van der Waals surface area (Å²) in [6.45, 7) is 0. The number of benzene rings is 1. The Balaban J connectivity index is 1.68. The molecule has 0 bridgehead atoms. The number of rotatable bonds is 4. The van der Waals surface area contributed by atoms with E-state index in [2.05, 4.69) is 47.2 Å². The molecular weight excluding hydrogens is 391 g/mol. The van der Waals surface area contributed by atoms with E-state index in [1.807, 2.05) is 17.1 Å². The maximum Gasteiger partial charge on any atom is 0.0924 e. The molecule has 3 aromatic rings. The Kier molecular flexibility index (Phi) is 4.95. The van der Waals surface area contributed by atoms with E-state index in [1.165, 1.54) is 9.75 Å². The molecule has 1 aromatic carbocycles. The van der Waals surface area contributed by atoms with Crippen molar-refractivity contribution in [3.05, 3.63) is 79.1 Å². The fourth-order valence-corrected chi connectivity index (χ4v) is 4.71. The Labute approximate surface area is 164 Å². The molecule has 25 heavy (non-hydrogen) atoms. The smallest absolute Gasteiger partial charge is 0.0924 e. The van der Waals surface area contributed by atoms with E-state index in [0.717, 1.165) is 17.8 Å². The lowest BCUT2D eigenvalue weighted by molar-refractivity contribution is 0.722. The van der Waals surface area contributed by atoms with Crippen molar-refractivity contribution in [3.8, 4) is 0 Å². The van der Waals surface area contributed by atoms with Crippen LogP contribution in [0.2, 0.25) is 10.0 Å². The largest absolute Gasteiger partial charge is 0.255 e. The number of halogens is 2. The molecule has 0 aliphatic carbocycles. The molecule has 2 aromatic heterocycles. The number of nitrogens with zero attached hydrogens (tertiary/aromatic N) is 2. The van der Waals surface area contributed by atoms with Crippen molar-refractivity contribution in [3.63, 3.8) is 0 Å². The summed E-state index contributed by atoms with van der Waals surface area (Å²) in [5.74, 6) is 0. The van der Waals surface area contributed by atoms with Gasteiger partial charge in [-0.05, 0) is 53.2 Å². The molecule has 4 rings (SSSR count). The Morgan fingerprint density at radius 2 is 1.88 bits per heavy atom. The number of hydrogen-bond acceptors (Lipinski definition) is 4. The van der Waals surface area contributed by atoms with E-state index in [9.17, 15) is 0 Å². The summed E-state index contributed by atoms with van der Waals surface area (Å²) >= 11 is 15.9. The summed E-state index contributed by atoms with van der Waals surface area (Å²) in [5, 5.41) is 12.3. The second kappa shape index (κ2) is 7.34. The van der Waals surface area contributed by atoms with Crippen LogP contribution < -0.4 is 5.01 Å². The number of hydrazone groups is 1. The van der Waals surface area contributed by atoms with Crippen LogP contribution in [0.4, 0.5) is 5.69 Å². The van der Waals surface area contributed by atoms with E-state index in [1.54, 1.807) is 28.7 Å². The van der Waals surface area contributed by atoms with Gasteiger partial charge in [0.1, 0.15) is 0 Å². The van der Waals surface area contributed by atoms with Gasteiger partial charge in [-0.2, -0.15) is 5.10 Å². The van der Waals surface area contributed by atoms with Gasteiger partial charge in [0.2, 0.25) is 0 Å². The van der Waals surface area contributed by atoms with Gasteiger partial charge in [-0.3, -0.25) is 5.01 Å². The molecule has 0 radical (unpaired) electrons. The van der Waals surface area contributed by atoms with Crippen molar-refractivity contribution in [1.29, 1.82) is 0 Å². The molecule has 6 heteroatoms. The van der Waals surface area contributed by atoms with Gasteiger partial charge in [-0.15, -0.1) is 22.7 Å². The predicted octanol–water partition coefficient (Wildman–Crippen LogP) is 7.14. The second-order valence-corrected chi connectivity index (χ2v) is 8.42. The maximum atomic E-state index is 6.43. The van der Waals surface area contributed by atoms with Gasteiger partial charge in [0, 0.05) is 21.2 Å². The van der Waals surface area contributed by atoms with Gasteiger partial charge in [0.25, 0.3) is 0 Å². The molecule has 0 spiro atoms. The van der Waals surface area contributed by atoms with E-state index >= 15 is 0 Å². The summed E-state index contributed by atoms with van der Waals surface area (Å²) < 4.78 is 0. The number of thiophene rings is 2. The molecule has 0 amide bonds. The van der Waals surface area contributed by atoms with Crippen LogP contribution in [0.5, 0.6) is 0 Å². The number of allylic oxidation sites excluding steroid dienone is 1. The van der Waals surface area contributed by atoms with E-state index in [4.69, 9.17) is 28.3 Å². The highest BCUT2D eigenvalue weighted by molar-refractivity contribution is 7.11. The standard InChI is InChI=1S/C19H14Cl2N2S2/c20-13-5-8-17(16(21)11-13)23-18(19-4-2-10-25-19)12-14(22-23)6-7-15-3-1-9-24-15/h1-11,18H,12H2/b7-6+/t18-/m1/s1. The van der Waals surface area contributed by atoms with E-state index < -0.39 is 0 Å². The van der Waals surface area contributed by atoms with Crippen LogP contribution >= 0.6 is 45.9 Å². The van der Waals surface area contributed by atoms with Gasteiger partial charge >= 0.3 is 0 Å². The zero-order valence-electron chi connectivity index (χ0n) is 13.1. The highest BCUT2D eigenvalue weighted by Crippen LogP contribution is 2.41. The molecule has 126 valence electrons. The van der Waals surface area contributed by atoms with Crippen LogP contribution in [0.15, 0.2) is 64.4 Å². The average Bonchev–Trinajstić information content (AvgIpc) is 3.34. The van der Waals surface area contributed by atoms with Gasteiger partial charge in [-0.25, -0.2) is 0 Å². The van der Waals surface area contributed by atoms with E-state index in [-0.39, 0.29) is 6.04 Å². The van der Waals surface area contributed by atoms with Crippen molar-refractivity contribution >= 4 is 63.4 Å². The minimum absolute atomic E-state index is 0.154. The highest BCUT2D eigenvalue weighted by Gasteiger charge is 2.30. The Bertz CT molecular complexity index is 915. The first kappa shape index (κ1) is 16.9. The summed E-state index contributed by atoms with van der Waals surface area (Å²) in [7, 11) is 0. The van der Waals surface area contributed by atoms with Gasteiger partial charge in [-0.1, -0.05) is 35.3 Å². The quantitative estimate of drug-likeness (QED) is 0.451. The van der Waals surface area contributed by atoms with Crippen LogP contribution in [0.25, 0.3) is 6.08 Å². The van der Waals surface area contributed by atoms with Crippen molar-refractivity contribution < 1.29 is 0 Å². The molecule has 0 saturated carbocycles. The van der Waals surface area contributed by atoms with Crippen molar-refractivity contribution in [2.75, 3.05) is 5.01 Å². The predicted molar refractivity (Wildman–Crippen MR) is 111 cm³/mol. The van der Waals surface area contributed by atoms with Crippen molar-refractivity contribution in [1.82, 2.24) is 0 Å². The molecule has 0 fully saturated rings. The normalized spacial score (nSPS) is 17.4. The lowest BCUT2D eigenvalue weighted by atomic mass is 10.1. The fraction of sp³-hybridized carbons (Fsp3) is 0.105. The third-order valence-corrected chi connectivity index (χ3v) is 6.29. The van der Waals surface area contributed by atoms with E-state index in [0.29, 0.717) is 10.0 Å². The van der Waals surface area contributed by atoms with Crippen molar-refractivity contribution in [2.24, 2.45) is 5.10 Å². The first-order chi connectivity index (χ1) is 12.2. The van der Waals surface area contributed by atoms with Gasteiger partial charge in [0.15, 0.2) is 0 Å². The minimum Gasteiger partial charge on any atom is -0.255 e. The molecule has 1 aliphatic rings. The molecule has 2 nitrogen and oxygen atoms in total. The third-order valence-electron chi connectivity index (χ3n) is 3.95. The molecule has 3 heterocycles. The van der Waals surface area contributed by atoms with Crippen LogP contribution in [0.3, 0.4) is 0 Å². The highest BCUT2D eigenvalue weighted by atomic mass is 35.5. The fourth-order valence-electron chi connectivity index (χ4n) is 2.79.